The lowest BCUT2D eigenvalue weighted by molar-refractivity contribution is 0.0787. The largest absolute Gasteiger partial charge is 0.490 e. The van der Waals surface area contributed by atoms with Crippen LogP contribution in [0.4, 0.5) is 0 Å². The predicted molar refractivity (Wildman–Crippen MR) is 113 cm³/mol. The van der Waals surface area contributed by atoms with Crippen LogP contribution in [0.5, 0.6) is 5.75 Å². The zero-order valence-corrected chi connectivity index (χ0v) is 17.2. The van der Waals surface area contributed by atoms with Crippen molar-refractivity contribution in [2.24, 2.45) is 7.05 Å². The maximum absolute atomic E-state index is 13.4. The van der Waals surface area contributed by atoms with Crippen LogP contribution in [0.3, 0.4) is 0 Å². The zero-order valence-electron chi connectivity index (χ0n) is 17.2. The normalized spacial score (nSPS) is 13.5. The fourth-order valence-corrected chi connectivity index (χ4v) is 3.62. The summed E-state index contributed by atoms with van der Waals surface area (Å²) in [6.45, 7) is 6.57. The highest BCUT2D eigenvalue weighted by Gasteiger charge is 2.29. The number of benzene rings is 1. The topological polar surface area (TPSA) is 60.2 Å². The molecule has 0 unspecified atom stereocenters. The number of hydrogen-bond donors (Lipinski definition) is 0. The van der Waals surface area contributed by atoms with Crippen molar-refractivity contribution in [3.63, 3.8) is 0 Å². The van der Waals surface area contributed by atoms with E-state index in [9.17, 15) is 4.79 Å². The molecular weight excluding hydrogens is 364 g/mol. The molecule has 6 nitrogen and oxygen atoms in total. The SMILES string of the molecule is C=CCOc1ccc(CN(C)C(=O)c2cc(C3CC3)nc3c2c(C)nn3C)cc1. The molecule has 6 heteroatoms. The number of pyridine rings is 1. The van der Waals surface area contributed by atoms with Crippen molar-refractivity contribution in [2.75, 3.05) is 13.7 Å². The second-order valence-corrected chi connectivity index (χ2v) is 7.68. The van der Waals surface area contributed by atoms with Crippen LogP contribution in [0.25, 0.3) is 11.0 Å². The van der Waals surface area contributed by atoms with Crippen LogP contribution in [0, 0.1) is 6.92 Å². The fourth-order valence-electron chi connectivity index (χ4n) is 3.62. The molecule has 0 spiro atoms. The van der Waals surface area contributed by atoms with Crippen molar-refractivity contribution in [3.05, 3.63) is 65.5 Å². The molecule has 0 saturated heterocycles. The summed E-state index contributed by atoms with van der Waals surface area (Å²) < 4.78 is 7.30. The molecule has 0 bridgehead atoms. The molecule has 1 aliphatic rings. The zero-order chi connectivity index (χ0) is 20.5. The van der Waals surface area contributed by atoms with Crippen molar-refractivity contribution in [3.8, 4) is 5.75 Å². The average Bonchev–Trinajstić information content (AvgIpc) is 3.52. The molecule has 1 saturated carbocycles. The van der Waals surface area contributed by atoms with Crippen LogP contribution in [0.15, 0.2) is 43.0 Å². The third-order valence-corrected chi connectivity index (χ3v) is 5.27. The van der Waals surface area contributed by atoms with Gasteiger partial charge in [0.15, 0.2) is 5.65 Å². The predicted octanol–water partition coefficient (Wildman–Crippen LogP) is 3.99. The smallest absolute Gasteiger partial charge is 0.254 e. The van der Waals surface area contributed by atoms with Gasteiger partial charge in [0.05, 0.1) is 16.6 Å². The first-order valence-electron chi connectivity index (χ1n) is 9.90. The van der Waals surface area contributed by atoms with Crippen LogP contribution < -0.4 is 4.74 Å². The highest BCUT2D eigenvalue weighted by atomic mass is 16.5. The molecule has 0 aliphatic heterocycles. The van der Waals surface area contributed by atoms with Crippen LogP contribution in [-0.2, 0) is 13.6 Å². The van der Waals surface area contributed by atoms with Crippen LogP contribution in [0.2, 0.25) is 0 Å². The van der Waals surface area contributed by atoms with E-state index >= 15 is 0 Å². The Hall–Kier alpha value is -3.15. The van der Waals surface area contributed by atoms with Gasteiger partial charge in [-0.25, -0.2) is 4.98 Å². The van der Waals surface area contributed by atoms with E-state index in [-0.39, 0.29) is 5.91 Å². The van der Waals surface area contributed by atoms with E-state index in [1.165, 1.54) is 0 Å². The molecule has 0 atom stereocenters. The molecule has 0 N–H and O–H groups in total. The summed E-state index contributed by atoms with van der Waals surface area (Å²) in [6, 6.07) is 9.76. The first-order chi connectivity index (χ1) is 14.0. The van der Waals surface area contributed by atoms with Crippen molar-refractivity contribution < 1.29 is 9.53 Å². The summed E-state index contributed by atoms with van der Waals surface area (Å²) in [5.74, 6) is 1.25. The Morgan fingerprint density at radius 1 is 1.34 bits per heavy atom. The highest BCUT2D eigenvalue weighted by Crippen LogP contribution is 2.40. The van der Waals surface area contributed by atoms with Crippen LogP contribution >= 0.6 is 0 Å². The summed E-state index contributed by atoms with van der Waals surface area (Å²) in [6.07, 6.45) is 3.99. The highest BCUT2D eigenvalue weighted by molar-refractivity contribution is 6.06. The Kier molecular flexibility index (Phi) is 5.09. The molecule has 1 amide bonds. The van der Waals surface area contributed by atoms with Gasteiger partial charge in [0.25, 0.3) is 5.91 Å². The monoisotopic (exact) mass is 390 g/mol. The average molecular weight is 390 g/mol. The van der Waals surface area contributed by atoms with Crippen LogP contribution in [-0.4, -0.2) is 39.2 Å². The van der Waals surface area contributed by atoms with Gasteiger partial charge in [-0.3, -0.25) is 9.48 Å². The first kappa shape index (κ1) is 19.2. The maximum Gasteiger partial charge on any atom is 0.254 e. The van der Waals surface area contributed by atoms with Crippen molar-refractivity contribution >= 4 is 16.9 Å². The maximum atomic E-state index is 13.4. The minimum Gasteiger partial charge on any atom is -0.490 e. The van der Waals surface area contributed by atoms with E-state index in [0.29, 0.717) is 24.6 Å². The molecule has 1 aromatic carbocycles. The Bertz CT molecular complexity index is 1060. The summed E-state index contributed by atoms with van der Waals surface area (Å²) >= 11 is 0. The molecule has 0 radical (unpaired) electrons. The summed E-state index contributed by atoms with van der Waals surface area (Å²) in [5, 5.41) is 5.34. The van der Waals surface area contributed by atoms with Gasteiger partial charge in [-0.05, 0) is 43.5 Å². The lowest BCUT2D eigenvalue weighted by Crippen LogP contribution is -2.26. The summed E-state index contributed by atoms with van der Waals surface area (Å²) in [7, 11) is 3.71. The standard InChI is InChI=1S/C23H26N4O2/c1-5-12-29-18-10-6-16(7-11-18)14-26(3)23(28)19-13-20(17-8-9-17)24-22-21(19)15(2)25-27(22)4/h5-7,10-11,13,17H,1,8-9,12,14H2,2-4H3. The van der Waals surface area contributed by atoms with Gasteiger partial charge in [0.1, 0.15) is 12.4 Å². The van der Waals surface area contributed by atoms with Gasteiger partial charge in [-0.2, -0.15) is 5.10 Å². The van der Waals surface area contributed by atoms with Gasteiger partial charge in [-0.15, -0.1) is 0 Å². The number of rotatable bonds is 7. The van der Waals surface area contributed by atoms with Gasteiger partial charge >= 0.3 is 0 Å². The lowest BCUT2D eigenvalue weighted by atomic mass is 10.1. The Balaban J connectivity index is 1.60. The number of hydrogen-bond acceptors (Lipinski definition) is 4. The minimum atomic E-state index is -0.0117. The third kappa shape index (κ3) is 3.88. The molecular formula is C23H26N4O2. The van der Waals surface area contributed by atoms with E-state index in [1.807, 2.05) is 51.4 Å². The lowest BCUT2D eigenvalue weighted by Gasteiger charge is -2.19. The fraction of sp³-hybridized carbons (Fsp3) is 0.348. The second-order valence-electron chi connectivity index (χ2n) is 7.68. The Labute approximate surface area is 170 Å². The van der Waals surface area contributed by atoms with Crippen molar-refractivity contribution in [1.29, 1.82) is 0 Å². The molecule has 4 rings (SSSR count). The molecule has 2 aromatic heterocycles. The number of aryl methyl sites for hydroxylation is 2. The van der Waals surface area contributed by atoms with E-state index in [1.54, 1.807) is 15.7 Å². The Morgan fingerprint density at radius 2 is 2.07 bits per heavy atom. The number of ether oxygens (including phenoxy) is 1. The minimum absolute atomic E-state index is 0.0117. The molecule has 2 heterocycles. The number of fused-ring (bicyclic) bond motifs is 1. The van der Waals surface area contributed by atoms with Gasteiger partial charge < -0.3 is 9.64 Å². The molecule has 29 heavy (non-hydrogen) atoms. The summed E-state index contributed by atoms with van der Waals surface area (Å²) in [4.78, 5) is 19.9. The molecule has 3 aromatic rings. The Morgan fingerprint density at radius 3 is 2.72 bits per heavy atom. The van der Waals surface area contributed by atoms with E-state index in [0.717, 1.165) is 46.6 Å². The van der Waals surface area contributed by atoms with Gasteiger partial charge in [0, 0.05) is 32.3 Å². The summed E-state index contributed by atoms with van der Waals surface area (Å²) in [5.41, 5.74) is 4.35. The van der Waals surface area contributed by atoms with Crippen molar-refractivity contribution in [1.82, 2.24) is 19.7 Å². The van der Waals surface area contributed by atoms with E-state index in [2.05, 4.69) is 11.7 Å². The third-order valence-electron chi connectivity index (χ3n) is 5.27. The van der Waals surface area contributed by atoms with E-state index < -0.39 is 0 Å². The number of amides is 1. The first-order valence-corrected chi connectivity index (χ1v) is 9.90. The molecule has 1 fully saturated rings. The van der Waals surface area contributed by atoms with E-state index in [4.69, 9.17) is 9.72 Å². The quantitative estimate of drug-likeness (QED) is 0.572. The van der Waals surface area contributed by atoms with Crippen molar-refractivity contribution in [2.45, 2.75) is 32.2 Å². The number of aromatic nitrogens is 3. The van der Waals surface area contributed by atoms with Gasteiger partial charge in [-0.1, -0.05) is 24.8 Å². The number of carbonyl (C=O) groups is 1. The number of nitrogens with zero attached hydrogens (tertiary/aromatic N) is 4. The molecule has 150 valence electrons. The second kappa shape index (κ2) is 7.70. The molecule has 1 aliphatic carbocycles. The van der Waals surface area contributed by atoms with Gasteiger partial charge in [0.2, 0.25) is 0 Å². The number of carbonyl (C=O) groups excluding carboxylic acids is 1. The van der Waals surface area contributed by atoms with Crippen LogP contribution in [0.1, 0.15) is 46.1 Å².